The van der Waals surface area contributed by atoms with Gasteiger partial charge in [-0.3, -0.25) is 4.72 Å². The van der Waals surface area contributed by atoms with Gasteiger partial charge in [0.2, 0.25) is 0 Å². The SMILES string of the molecule is CC(C)(C)OC(=O)N1CCC(c2cc3c(-c4cc(NS(=O)(=O)c5ccccc5)ccc4Cl)ccnc3[nH]2)CC1. The molecular weight excluding hydrogens is 536 g/mol. The fourth-order valence-corrected chi connectivity index (χ4v) is 6.10. The number of benzene rings is 2. The minimum Gasteiger partial charge on any atom is -0.444 e. The van der Waals surface area contributed by atoms with E-state index in [2.05, 4.69) is 20.8 Å². The topological polar surface area (TPSA) is 104 Å². The zero-order valence-electron chi connectivity index (χ0n) is 22.1. The number of halogens is 1. The van der Waals surface area contributed by atoms with Crippen molar-refractivity contribution in [2.75, 3.05) is 17.8 Å². The maximum absolute atomic E-state index is 12.9. The smallest absolute Gasteiger partial charge is 0.410 e. The van der Waals surface area contributed by atoms with Crippen molar-refractivity contribution in [1.82, 2.24) is 14.9 Å². The van der Waals surface area contributed by atoms with Gasteiger partial charge in [-0.2, -0.15) is 0 Å². The Morgan fingerprint density at radius 2 is 1.77 bits per heavy atom. The minimum atomic E-state index is -3.75. The number of fused-ring (bicyclic) bond motifs is 1. The van der Waals surface area contributed by atoms with Crippen molar-refractivity contribution in [3.8, 4) is 11.1 Å². The molecule has 2 aromatic carbocycles. The summed E-state index contributed by atoms with van der Waals surface area (Å²) in [6, 6.07) is 17.3. The van der Waals surface area contributed by atoms with Crippen LogP contribution in [-0.2, 0) is 14.8 Å². The highest BCUT2D eigenvalue weighted by Crippen LogP contribution is 2.38. The predicted octanol–water partition coefficient (Wildman–Crippen LogP) is 6.80. The van der Waals surface area contributed by atoms with Crippen molar-refractivity contribution < 1.29 is 17.9 Å². The number of aromatic amines is 1. The van der Waals surface area contributed by atoms with E-state index in [0.717, 1.165) is 35.1 Å². The zero-order chi connectivity index (χ0) is 27.8. The number of sulfonamides is 1. The second-order valence-corrected chi connectivity index (χ2v) is 12.8. The van der Waals surface area contributed by atoms with Gasteiger partial charge in [0.15, 0.2) is 0 Å². The lowest BCUT2D eigenvalue weighted by atomic mass is 9.93. The van der Waals surface area contributed by atoms with E-state index in [0.29, 0.717) is 29.4 Å². The third-order valence-corrected chi connectivity index (χ3v) is 8.43. The largest absolute Gasteiger partial charge is 0.444 e. The van der Waals surface area contributed by atoms with E-state index in [4.69, 9.17) is 16.3 Å². The molecule has 0 bridgehead atoms. The number of likely N-dealkylation sites (tertiary alicyclic amines) is 1. The normalized spacial score (nSPS) is 14.9. The van der Waals surface area contributed by atoms with Crippen LogP contribution < -0.4 is 4.72 Å². The van der Waals surface area contributed by atoms with E-state index >= 15 is 0 Å². The molecule has 0 unspecified atom stereocenters. The van der Waals surface area contributed by atoms with Crippen LogP contribution in [0.2, 0.25) is 5.02 Å². The molecule has 204 valence electrons. The number of nitrogens with one attached hydrogen (secondary N) is 2. The van der Waals surface area contributed by atoms with Gasteiger partial charge < -0.3 is 14.6 Å². The Labute approximate surface area is 233 Å². The van der Waals surface area contributed by atoms with Crippen LogP contribution in [-0.4, -0.2) is 48.1 Å². The van der Waals surface area contributed by atoms with E-state index in [1.165, 1.54) is 0 Å². The summed E-state index contributed by atoms with van der Waals surface area (Å²) >= 11 is 6.61. The Morgan fingerprint density at radius 3 is 2.46 bits per heavy atom. The van der Waals surface area contributed by atoms with Gasteiger partial charge in [0.1, 0.15) is 11.2 Å². The average Bonchev–Trinajstić information content (AvgIpc) is 3.34. The summed E-state index contributed by atoms with van der Waals surface area (Å²) in [7, 11) is -3.75. The molecule has 39 heavy (non-hydrogen) atoms. The third kappa shape index (κ3) is 6.04. The van der Waals surface area contributed by atoms with Crippen molar-refractivity contribution >= 4 is 44.4 Å². The van der Waals surface area contributed by atoms with Crippen LogP contribution in [0.1, 0.15) is 45.2 Å². The van der Waals surface area contributed by atoms with E-state index in [1.807, 2.05) is 26.8 Å². The fraction of sp³-hybridized carbons (Fsp3) is 0.310. The lowest BCUT2D eigenvalue weighted by molar-refractivity contribution is 0.0204. The molecule has 1 amide bonds. The number of pyridine rings is 1. The van der Waals surface area contributed by atoms with E-state index in [1.54, 1.807) is 59.6 Å². The summed E-state index contributed by atoms with van der Waals surface area (Å²) in [4.78, 5) is 22.4. The summed E-state index contributed by atoms with van der Waals surface area (Å²) in [5, 5.41) is 1.39. The minimum absolute atomic E-state index is 0.181. The van der Waals surface area contributed by atoms with Crippen LogP contribution in [0.3, 0.4) is 0 Å². The summed E-state index contributed by atoms with van der Waals surface area (Å²) in [6.07, 6.45) is 3.04. The molecule has 0 saturated carbocycles. The Balaban J connectivity index is 1.39. The number of carbonyl (C=O) groups excluding carboxylic acids is 1. The lowest BCUT2D eigenvalue weighted by Crippen LogP contribution is -2.41. The highest BCUT2D eigenvalue weighted by molar-refractivity contribution is 7.92. The number of carbonyl (C=O) groups is 1. The molecule has 4 aromatic rings. The van der Waals surface area contributed by atoms with Crippen molar-refractivity contribution in [3.63, 3.8) is 0 Å². The number of ether oxygens (including phenoxy) is 1. The lowest BCUT2D eigenvalue weighted by Gasteiger charge is -2.33. The van der Waals surface area contributed by atoms with Crippen molar-refractivity contribution in [2.45, 2.75) is 50.0 Å². The Bertz CT molecular complexity index is 1610. The predicted molar refractivity (Wildman–Crippen MR) is 154 cm³/mol. The van der Waals surface area contributed by atoms with Gasteiger partial charge in [0, 0.05) is 52.6 Å². The third-order valence-electron chi connectivity index (χ3n) is 6.70. The summed E-state index contributed by atoms with van der Waals surface area (Å²) in [6.45, 7) is 6.84. The molecule has 1 aliphatic rings. The van der Waals surface area contributed by atoms with Crippen molar-refractivity contribution in [2.24, 2.45) is 0 Å². The molecule has 0 spiro atoms. The molecule has 0 radical (unpaired) electrons. The van der Waals surface area contributed by atoms with Gasteiger partial charge in [-0.05, 0) is 81.6 Å². The summed E-state index contributed by atoms with van der Waals surface area (Å²) < 4.78 is 33.9. The maximum Gasteiger partial charge on any atom is 0.410 e. The number of H-pyrrole nitrogens is 1. The number of rotatable bonds is 5. The second kappa shape index (κ2) is 10.5. The number of hydrogen-bond acceptors (Lipinski definition) is 5. The van der Waals surface area contributed by atoms with Crippen LogP contribution in [0.4, 0.5) is 10.5 Å². The average molecular weight is 567 g/mol. The molecule has 3 heterocycles. The quantitative estimate of drug-likeness (QED) is 0.276. The molecule has 1 aliphatic heterocycles. The number of nitrogens with zero attached hydrogens (tertiary/aromatic N) is 2. The van der Waals surface area contributed by atoms with Crippen LogP contribution in [0.5, 0.6) is 0 Å². The molecule has 1 fully saturated rings. The first-order chi connectivity index (χ1) is 18.5. The van der Waals surface area contributed by atoms with Crippen LogP contribution in [0.15, 0.2) is 71.8 Å². The molecule has 10 heteroatoms. The van der Waals surface area contributed by atoms with Crippen molar-refractivity contribution in [3.05, 3.63) is 77.6 Å². The van der Waals surface area contributed by atoms with Crippen LogP contribution >= 0.6 is 11.6 Å². The highest BCUT2D eigenvalue weighted by Gasteiger charge is 2.28. The number of piperidine rings is 1. The first-order valence-corrected chi connectivity index (χ1v) is 14.7. The number of amides is 1. The zero-order valence-corrected chi connectivity index (χ0v) is 23.6. The molecule has 0 aliphatic carbocycles. The van der Waals surface area contributed by atoms with Gasteiger partial charge in [-0.25, -0.2) is 18.2 Å². The molecule has 5 rings (SSSR count). The van der Waals surface area contributed by atoms with Gasteiger partial charge in [0.25, 0.3) is 10.0 Å². The fourth-order valence-electron chi connectivity index (χ4n) is 4.81. The Morgan fingerprint density at radius 1 is 1.05 bits per heavy atom. The number of aromatic nitrogens is 2. The molecule has 0 atom stereocenters. The molecular formula is C29H31ClN4O4S. The standard InChI is InChI=1S/C29H31ClN4O4S/c1-29(2,3)38-28(35)34-15-12-19(13-16-34)26-18-24-22(11-14-31-27(24)32-26)23-17-20(9-10-25(23)30)33-39(36,37)21-7-5-4-6-8-21/h4-11,14,17-19,33H,12-13,15-16H2,1-3H3,(H,31,32). The molecule has 2 aromatic heterocycles. The Kier molecular flexibility index (Phi) is 7.31. The summed E-state index contributed by atoms with van der Waals surface area (Å²) in [5.41, 5.74) is 3.21. The monoisotopic (exact) mass is 566 g/mol. The van der Waals surface area contributed by atoms with E-state index < -0.39 is 15.6 Å². The number of hydrogen-bond donors (Lipinski definition) is 2. The highest BCUT2D eigenvalue weighted by atomic mass is 35.5. The van der Waals surface area contributed by atoms with Gasteiger partial charge in [-0.15, -0.1) is 0 Å². The summed E-state index contributed by atoms with van der Waals surface area (Å²) in [5.74, 6) is 0.241. The van der Waals surface area contributed by atoms with Crippen LogP contribution in [0.25, 0.3) is 22.2 Å². The van der Waals surface area contributed by atoms with E-state index in [-0.39, 0.29) is 16.9 Å². The van der Waals surface area contributed by atoms with E-state index in [9.17, 15) is 13.2 Å². The number of anilines is 1. The van der Waals surface area contributed by atoms with Gasteiger partial charge in [0.05, 0.1) is 4.90 Å². The van der Waals surface area contributed by atoms with Crippen molar-refractivity contribution in [1.29, 1.82) is 0 Å². The molecule has 1 saturated heterocycles. The first-order valence-electron chi connectivity index (χ1n) is 12.8. The van der Waals surface area contributed by atoms with Gasteiger partial charge in [-0.1, -0.05) is 29.8 Å². The Hall–Kier alpha value is -3.56. The maximum atomic E-state index is 12.9. The first kappa shape index (κ1) is 27.0. The molecule has 8 nitrogen and oxygen atoms in total. The molecule has 2 N–H and O–H groups in total. The van der Waals surface area contributed by atoms with Crippen LogP contribution in [0, 0.1) is 0 Å². The second-order valence-electron chi connectivity index (χ2n) is 10.7. The van der Waals surface area contributed by atoms with Gasteiger partial charge >= 0.3 is 6.09 Å².